The standard InChI is InChI=1S/C27H18Cl4N2O4/c1-15(36-25-11-8-18(29)13-23(25)31)26(34)33-32-14-21-19-5-3-2-4-16(19)6-10-24(21)37-27(35)20-9-7-17(28)12-22(20)30/h2-15H,1H3,(H,33,34)/b32-14-/t15-/m1/s1. The summed E-state index contributed by atoms with van der Waals surface area (Å²) in [5, 5.41) is 6.99. The number of esters is 1. The van der Waals surface area contributed by atoms with Gasteiger partial charge in [0.15, 0.2) is 6.10 Å². The lowest BCUT2D eigenvalue weighted by Gasteiger charge is -2.14. The van der Waals surface area contributed by atoms with Crippen LogP contribution in [0.5, 0.6) is 11.5 Å². The molecule has 0 heterocycles. The topological polar surface area (TPSA) is 77.0 Å². The van der Waals surface area contributed by atoms with E-state index in [0.29, 0.717) is 21.4 Å². The van der Waals surface area contributed by atoms with Gasteiger partial charge < -0.3 is 9.47 Å². The molecule has 0 aromatic heterocycles. The summed E-state index contributed by atoms with van der Waals surface area (Å²) < 4.78 is 11.3. The van der Waals surface area contributed by atoms with Crippen LogP contribution in [0.15, 0.2) is 77.9 Å². The van der Waals surface area contributed by atoms with Gasteiger partial charge in [0, 0.05) is 15.6 Å². The Kier molecular flexibility index (Phi) is 8.56. The van der Waals surface area contributed by atoms with Crippen LogP contribution in [0.25, 0.3) is 10.8 Å². The van der Waals surface area contributed by atoms with Crippen LogP contribution >= 0.6 is 46.4 Å². The number of nitrogens with zero attached hydrogens (tertiary/aromatic N) is 1. The van der Waals surface area contributed by atoms with E-state index in [1.165, 1.54) is 24.4 Å². The molecular formula is C27H18Cl4N2O4. The SMILES string of the molecule is C[C@@H](Oc1ccc(Cl)cc1Cl)C(=O)N/N=C\c1c(OC(=O)c2ccc(Cl)cc2Cl)ccc2ccccc12. The zero-order chi connectivity index (χ0) is 26.5. The number of hydrazone groups is 1. The number of carbonyl (C=O) groups is 2. The number of ether oxygens (including phenoxy) is 2. The zero-order valence-electron chi connectivity index (χ0n) is 19.2. The summed E-state index contributed by atoms with van der Waals surface area (Å²) >= 11 is 24.1. The molecule has 0 aliphatic rings. The van der Waals surface area contributed by atoms with Gasteiger partial charge in [-0.2, -0.15) is 5.10 Å². The molecule has 0 aliphatic heterocycles. The lowest BCUT2D eigenvalue weighted by molar-refractivity contribution is -0.127. The van der Waals surface area contributed by atoms with E-state index in [2.05, 4.69) is 10.5 Å². The molecule has 4 rings (SSSR count). The minimum absolute atomic E-state index is 0.155. The number of carbonyl (C=O) groups excluding carboxylic acids is 2. The molecule has 188 valence electrons. The molecular weight excluding hydrogens is 558 g/mol. The highest BCUT2D eigenvalue weighted by Crippen LogP contribution is 2.30. The van der Waals surface area contributed by atoms with Crippen molar-refractivity contribution >= 4 is 75.3 Å². The molecule has 0 aliphatic carbocycles. The maximum Gasteiger partial charge on any atom is 0.345 e. The van der Waals surface area contributed by atoms with Crippen molar-refractivity contribution in [2.75, 3.05) is 0 Å². The van der Waals surface area contributed by atoms with Gasteiger partial charge in [-0.1, -0.05) is 76.7 Å². The highest BCUT2D eigenvalue weighted by Gasteiger charge is 2.18. The average Bonchev–Trinajstić information content (AvgIpc) is 2.86. The number of amides is 1. The lowest BCUT2D eigenvalue weighted by atomic mass is 10.0. The predicted molar refractivity (Wildman–Crippen MR) is 148 cm³/mol. The van der Waals surface area contributed by atoms with Crippen LogP contribution in [0.1, 0.15) is 22.8 Å². The smallest absolute Gasteiger partial charge is 0.345 e. The van der Waals surface area contributed by atoms with Crippen molar-refractivity contribution in [2.24, 2.45) is 5.10 Å². The zero-order valence-corrected chi connectivity index (χ0v) is 22.2. The van der Waals surface area contributed by atoms with Crippen LogP contribution in [-0.2, 0) is 4.79 Å². The van der Waals surface area contributed by atoms with Gasteiger partial charge in [-0.05, 0) is 60.2 Å². The minimum atomic E-state index is -0.910. The Morgan fingerprint density at radius 1 is 0.865 bits per heavy atom. The van der Waals surface area contributed by atoms with Gasteiger partial charge >= 0.3 is 5.97 Å². The Balaban J connectivity index is 1.55. The quantitative estimate of drug-likeness (QED) is 0.107. The van der Waals surface area contributed by atoms with E-state index < -0.39 is 18.0 Å². The number of fused-ring (bicyclic) bond motifs is 1. The first kappa shape index (κ1) is 26.8. The van der Waals surface area contributed by atoms with Crippen LogP contribution in [0.3, 0.4) is 0 Å². The third-order valence-corrected chi connectivity index (χ3v) is 6.30. The first-order chi connectivity index (χ1) is 17.7. The molecule has 1 atom stereocenters. The van der Waals surface area contributed by atoms with E-state index in [0.717, 1.165) is 10.8 Å². The molecule has 0 bridgehead atoms. The van der Waals surface area contributed by atoms with E-state index in [9.17, 15) is 9.59 Å². The van der Waals surface area contributed by atoms with Gasteiger partial charge in [0.1, 0.15) is 11.5 Å². The molecule has 37 heavy (non-hydrogen) atoms. The second-order valence-corrected chi connectivity index (χ2v) is 9.47. The van der Waals surface area contributed by atoms with Crippen molar-refractivity contribution in [1.82, 2.24) is 5.43 Å². The fourth-order valence-corrected chi connectivity index (χ4v) is 4.31. The Morgan fingerprint density at radius 3 is 2.27 bits per heavy atom. The first-order valence-electron chi connectivity index (χ1n) is 10.9. The maximum atomic E-state index is 12.8. The molecule has 1 N–H and O–H groups in total. The van der Waals surface area contributed by atoms with Gasteiger partial charge in [0.2, 0.25) is 0 Å². The van der Waals surface area contributed by atoms with Crippen LogP contribution in [0, 0.1) is 0 Å². The molecule has 0 spiro atoms. The van der Waals surface area contributed by atoms with Crippen LogP contribution in [0.2, 0.25) is 20.1 Å². The normalized spacial score (nSPS) is 11.9. The number of halogens is 4. The number of benzene rings is 4. The summed E-state index contributed by atoms with van der Waals surface area (Å²) in [5.41, 5.74) is 3.07. The molecule has 0 radical (unpaired) electrons. The number of hydrogen-bond donors (Lipinski definition) is 1. The largest absolute Gasteiger partial charge is 0.479 e. The number of rotatable bonds is 7. The van der Waals surface area contributed by atoms with Crippen molar-refractivity contribution in [3.63, 3.8) is 0 Å². The lowest BCUT2D eigenvalue weighted by Crippen LogP contribution is -2.33. The predicted octanol–water partition coefficient (Wildman–Crippen LogP) is 7.59. The van der Waals surface area contributed by atoms with Crippen LogP contribution < -0.4 is 14.9 Å². The van der Waals surface area contributed by atoms with E-state index in [1.807, 2.05) is 30.3 Å². The molecule has 1 amide bonds. The van der Waals surface area contributed by atoms with E-state index in [-0.39, 0.29) is 21.4 Å². The highest BCUT2D eigenvalue weighted by atomic mass is 35.5. The average molecular weight is 576 g/mol. The van der Waals surface area contributed by atoms with Gasteiger partial charge in [-0.3, -0.25) is 4.79 Å². The Morgan fingerprint density at radius 2 is 1.54 bits per heavy atom. The Labute approximate surface area is 232 Å². The summed E-state index contributed by atoms with van der Waals surface area (Å²) in [5.74, 6) is -0.654. The molecule has 10 heteroatoms. The van der Waals surface area contributed by atoms with E-state index >= 15 is 0 Å². The van der Waals surface area contributed by atoms with E-state index in [1.54, 1.807) is 31.2 Å². The van der Waals surface area contributed by atoms with Gasteiger partial charge in [-0.15, -0.1) is 0 Å². The van der Waals surface area contributed by atoms with Crippen molar-refractivity contribution in [1.29, 1.82) is 0 Å². The highest BCUT2D eigenvalue weighted by molar-refractivity contribution is 6.36. The Bertz CT molecular complexity index is 1520. The number of nitrogens with one attached hydrogen (secondary N) is 1. The van der Waals surface area contributed by atoms with Gasteiger partial charge in [0.25, 0.3) is 5.91 Å². The Hall–Kier alpha value is -3.29. The van der Waals surface area contributed by atoms with Crippen molar-refractivity contribution < 1.29 is 19.1 Å². The van der Waals surface area contributed by atoms with Crippen molar-refractivity contribution in [3.8, 4) is 11.5 Å². The summed E-state index contributed by atoms with van der Waals surface area (Å²) in [4.78, 5) is 25.4. The summed E-state index contributed by atoms with van der Waals surface area (Å²) in [6.45, 7) is 1.55. The van der Waals surface area contributed by atoms with Crippen LogP contribution in [0.4, 0.5) is 0 Å². The maximum absolute atomic E-state index is 12.8. The molecule has 0 unspecified atom stereocenters. The second-order valence-electron chi connectivity index (χ2n) is 7.78. The monoisotopic (exact) mass is 574 g/mol. The summed E-state index contributed by atoms with van der Waals surface area (Å²) in [6, 6.07) is 20.1. The third kappa shape index (κ3) is 6.53. The minimum Gasteiger partial charge on any atom is -0.479 e. The fraction of sp³-hybridized carbons (Fsp3) is 0.0741. The van der Waals surface area contributed by atoms with Crippen molar-refractivity contribution in [3.05, 3.63) is 104 Å². The van der Waals surface area contributed by atoms with Gasteiger partial charge in [-0.25, -0.2) is 10.2 Å². The first-order valence-corrected chi connectivity index (χ1v) is 12.4. The fourth-order valence-electron chi connectivity index (χ4n) is 3.37. The molecule has 4 aromatic carbocycles. The molecule has 6 nitrogen and oxygen atoms in total. The third-order valence-electron chi connectivity index (χ3n) is 5.22. The molecule has 0 saturated heterocycles. The van der Waals surface area contributed by atoms with E-state index in [4.69, 9.17) is 55.9 Å². The van der Waals surface area contributed by atoms with Crippen LogP contribution in [-0.4, -0.2) is 24.2 Å². The van der Waals surface area contributed by atoms with Crippen molar-refractivity contribution in [2.45, 2.75) is 13.0 Å². The number of hydrogen-bond acceptors (Lipinski definition) is 5. The van der Waals surface area contributed by atoms with Gasteiger partial charge in [0.05, 0.1) is 21.8 Å². The summed E-state index contributed by atoms with van der Waals surface area (Å²) in [7, 11) is 0. The summed E-state index contributed by atoms with van der Waals surface area (Å²) in [6.07, 6.45) is 0.488. The second kappa shape index (κ2) is 11.8. The molecule has 4 aromatic rings. The molecule has 0 saturated carbocycles. The molecule has 0 fully saturated rings.